The molecule has 12 rings (SSSR count). The van der Waals surface area contributed by atoms with Crippen LogP contribution in [0, 0.1) is 0 Å². The van der Waals surface area contributed by atoms with E-state index in [0.717, 1.165) is 17.1 Å². The first-order valence-electron chi connectivity index (χ1n) is 20.8. The highest BCUT2D eigenvalue weighted by molar-refractivity contribution is 6.01. The lowest BCUT2D eigenvalue weighted by Crippen LogP contribution is -2.25. The molecule has 0 amide bonds. The van der Waals surface area contributed by atoms with E-state index >= 15 is 0 Å². The van der Waals surface area contributed by atoms with Crippen molar-refractivity contribution in [2.75, 3.05) is 4.90 Å². The number of benzene rings is 9. The summed E-state index contributed by atoms with van der Waals surface area (Å²) in [7, 11) is 0. The number of hydrogen-bond acceptors (Lipinski definition) is 1. The normalized spacial score (nSPS) is 14.2. The van der Waals surface area contributed by atoms with E-state index in [1.165, 1.54) is 89.0 Å². The van der Waals surface area contributed by atoms with Crippen molar-refractivity contribution in [2.24, 2.45) is 0 Å². The average Bonchev–Trinajstić information content (AvgIpc) is 3.85. The van der Waals surface area contributed by atoms with Crippen LogP contribution >= 0.6 is 0 Å². The fourth-order valence-electron chi connectivity index (χ4n) is 11.0. The van der Waals surface area contributed by atoms with Gasteiger partial charge in [-0.1, -0.05) is 190 Å². The number of nitrogens with zero attached hydrogens (tertiary/aromatic N) is 1. The van der Waals surface area contributed by atoms with Gasteiger partial charge in [0.25, 0.3) is 0 Å². The summed E-state index contributed by atoms with van der Waals surface area (Å²) in [6, 6.07) is 79.3. The third kappa shape index (κ3) is 4.67. The van der Waals surface area contributed by atoms with Crippen molar-refractivity contribution in [3.63, 3.8) is 0 Å². The Kier molecular flexibility index (Phi) is 7.26. The molecular formula is C58H41N. The van der Waals surface area contributed by atoms with Crippen LogP contribution in [-0.4, -0.2) is 0 Å². The van der Waals surface area contributed by atoms with Crippen LogP contribution in [0.3, 0.4) is 0 Å². The molecule has 0 atom stereocenters. The molecule has 278 valence electrons. The van der Waals surface area contributed by atoms with E-state index in [4.69, 9.17) is 0 Å². The lowest BCUT2D eigenvalue weighted by molar-refractivity contribution is 0.660. The molecule has 1 spiro atoms. The standard InChI is InChI=1S/C58H41N/c1-57(2)49-27-13-9-22-43(49)47-35-33-41(37-53(47)57)59(40-20-7-4-8-21-40)55-31-17-26-42(38-18-5-3-6-19-38)56(55)39-32-34-48-46-25-12-16-30-52(46)58(54(48)36-39)50-28-14-10-23-44(50)45-24-11-15-29-51(45)58/h3-37H,1-2H3. The molecule has 0 heterocycles. The first-order valence-corrected chi connectivity index (χ1v) is 20.8. The van der Waals surface area contributed by atoms with E-state index in [1.54, 1.807) is 0 Å². The highest BCUT2D eigenvalue weighted by Gasteiger charge is 2.51. The van der Waals surface area contributed by atoms with Crippen LogP contribution in [0.15, 0.2) is 212 Å². The lowest BCUT2D eigenvalue weighted by Gasteiger charge is -2.32. The van der Waals surface area contributed by atoms with Crippen molar-refractivity contribution in [2.45, 2.75) is 24.7 Å². The Morgan fingerprint density at radius 1 is 0.305 bits per heavy atom. The summed E-state index contributed by atoms with van der Waals surface area (Å²) in [5.41, 5.74) is 23.7. The summed E-state index contributed by atoms with van der Waals surface area (Å²) in [5, 5.41) is 0. The molecule has 1 nitrogen and oxygen atoms in total. The summed E-state index contributed by atoms with van der Waals surface area (Å²) in [6.45, 7) is 4.74. The zero-order valence-corrected chi connectivity index (χ0v) is 33.2. The van der Waals surface area contributed by atoms with Crippen LogP contribution in [0.1, 0.15) is 47.2 Å². The molecule has 0 aliphatic heterocycles. The molecular weight excluding hydrogens is 711 g/mol. The van der Waals surface area contributed by atoms with Crippen LogP contribution in [0.5, 0.6) is 0 Å². The van der Waals surface area contributed by atoms with E-state index < -0.39 is 5.41 Å². The Morgan fingerprint density at radius 2 is 0.780 bits per heavy atom. The van der Waals surface area contributed by atoms with Crippen molar-refractivity contribution < 1.29 is 0 Å². The molecule has 0 saturated carbocycles. The topological polar surface area (TPSA) is 3.24 Å². The third-order valence-corrected chi connectivity index (χ3v) is 13.5. The van der Waals surface area contributed by atoms with Crippen molar-refractivity contribution in [3.8, 4) is 55.6 Å². The van der Waals surface area contributed by atoms with Crippen LogP contribution in [0.4, 0.5) is 17.1 Å². The minimum Gasteiger partial charge on any atom is -0.310 e. The van der Waals surface area contributed by atoms with Gasteiger partial charge in [-0.2, -0.15) is 0 Å². The van der Waals surface area contributed by atoms with E-state index in [2.05, 4.69) is 231 Å². The molecule has 9 aromatic rings. The molecule has 0 bridgehead atoms. The number of rotatable bonds is 5. The minimum atomic E-state index is -0.434. The molecule has 0 fully saturated rings. The van der Waals surface area contributed by atoms with E-state index in [0.29, 0.717) is 0 Å². The number of anilines is 3. The summed E-state index contributed by atoms with van der Waals surface area (Å²) in [6.07, 6.45) is 0. The summed E-state index contributed by atoms with van der Waals surface area (Å²) >= 11 is 0. The fraction of sp³-hybridized carbons (Fsp3) is 0.0690. The molecule has 9 aromatic carbocycles. The van der Waals surface area contributed by atoms with Gasteiger partial charge in [0.05, 0.1) is 11.1 Å². The number of para-hydroxylation sites is 1. The predicted octanol–water partition coefficient (Wildman–Crippen LogP) is 15.1. The van der Waals surface area contributed by atoms with Gasteiger partial charge in [-0.05, 0) is 120 Å². The molecule has 3 aliphatic carbocycles. The molecule has 3 aliphatic rings. The second-order valence-electron chi connectivity index (χ2n) is 16.8. The smallest absolute Gasteiger partial charge is 0.0725 e. The molecule has 0 saturated heterocycles. The predicted molar refractivity (Wildman–Crippen MR) is 246 cm³/mol. The van der Waals surface area contributed by atoms with Crippen molar-refractivity contribution >= 4 is 17.1 Å². The Bertz CT molecular complexity index is 3070. The van der Waals surface area contributed by atoms with E-state index in [9.17, 15) is 0 Å². The van der Waals surface area contributed by atoms with Gasteiger partial charge in [0, 0.05) is 22.4 Å². The van der Waals surface area contributed by atoms with Gasteiger partial charge < -0.3 is 4.90 Å². The largest absolute Gasteiger partial charge is 0.310 e. The highest BCUT2D eigenvalue weighted by Crippen LogP contribution is 2.63. The Labute approximate surface area is 346 Å². The van der Waals surface area contributed by atoms with Crippen LogP contribution in [0.2, 0.25) is 0 Å². The van der Waals surface area contributed by atoms with Crippen LogP contribution < -0.4 is 4.90 Å². The third-order valence-electron chi connectivity index (χ3n) is 13.5. The fourth-order valence-corrected chi connectivity index (χ4v) is 11.0. The molecule has 0 unspecified atom stereocenters. The van der Waals surface area contributed by atoms with Gasteiger partial charge in [0.1, 0.15) is 0 Å². The molecule has 0 N–H and O–H groups in total. The average molecular weight is 752 g/mol. The first-order chi connectivity index (χ1) is 29.0. The van der Waals surface area contributed by atoms with Crippen molar-refractivity contribution in [1.82, 2.24) is 0 Å². The van der Waals surface area contributed by atoms with Gasteiger partial charge in [-0.15, -0.1) is 0 Å². The molecule has 59 heavy (non-hydrogen) atoms. The zero-order chi connectivity index (χ0) is 39.3. The maximum Gasteiger partial charge on any atom is 0.0725 e. The SMILES string of the molecule is CC1(C)c2ccccc2-c2ccc(N(c3ccccc3)c3cccc(-c4ccccc4)c3-c3ccc4c(c3)C3(c5ccccc5-c5ccccc53)c3ccccc3-4)cc21. The van der Waals surface area contributed by atoms with Crippen LogP contribution in [-0.2, 0) is 10.8 Å². The van der Waals surface area contributed by atoms with Gasteiger partial charge in [0.2, 0.25) is 0 Å². The summed E-state index contributed by atoms with van der Waals surface area (Å²) in [4.78, 5) is 2.49. The minimum absolute atomic E-state index is 0.129. The Morgan fingerprint density at radius 3 is 1.41 bits per heavy atom. The van der Waals surface area contributed by atoms with Gasteiger partial charge in [-0.25, -0.2) is 0 Å². The van der Waals surface area contributed by atoms with E-state index in [1.807, 2.05) is 0 Å². The first kappa shape index (κ1) is 33.9. The Hall–Kier alpha value is -7.22. The van der Waals surface area contributed by atoms with Gasteiger partial charge in [-0.3, -0.25) is 0 Å². The maximum absolute atomic E-state index is 2.53. The highest BCUT2D eigenvalue weighted by atomic mass is 15.1. The van der Waals surface area contributed by atoms with Gasteiger partial charge >= 0.3 is 0 Å². The zero-order valence-electron chi connectivity index (χ0n) is 33.2. The van der Waals surface area contributed by atoms with Gasteiger partial charge in [0.15, 0.2) is 0 Å². The second-order valence-corrected chi connectivity index (χ2v) is 16.8. The quantitative estimate of drug-likeness (QED) is 0.169. The second kappa shape index (κ2) is 12.6. The van der Waals surface area contributed by atoms with Crippen LogP contribution in [0.25, 0.3) is 55.6 Å². The number of hydrogen-bond donors (Lipinski definition) is 0. The molecule has 0 radical (unpaired) electrons. The maximum atomic E-state index is 2.53. The summed E-state index contributed by atoms with van der Waals surface area (Å²) < 4.78 is 0. The Balaban J connectivity index is 1.14. The monoisotopic (exact) mass is 751 g/mol. The van der Waals surface area contributed by atoms with E-state index in [-0.39, 0.29) is 5.41 Å². The molecule has 1 heteroatoms. The lowest BCUT2D eigenvalue weighted by atomic mass is 9.70. The van der Waals surface area contributed by atoms with Crippen molar-refractivity contribution in [1.29, 1.82) is 0 Å². The number of fused-ring (bicyclic) bond motifs is 13. The molecule has 0 aromatic heterocycles. The van der Waals surface area contributed by atoms with Crippen molar-refractivity contribution in [3.05, 3.63) is 246 Å². The summed E-state index contributed by atoms with van der Waals surface area (Å²) in [5.74, 6) is 0.